The van der Waals surface area contributed by atoms with Crippen LogP contribution in [0.3, 0.4) is 0 Å². The van der Waals surface area contributed by atoms with Gasteiger partial charge in [0.15, 0.2) is 9.84 Å². The number of rotatable bonds is 3. The van der Waals surface area contributed by atoms with E-state index in [1.54, 1.807) is 6.92 Å². The van der Waals surface area contributed by atoms with Crippen LogP contribution in [-0.4, -0.2) is 31.9 Å². The predicted molar refractivity (Wildman–Crippen MR) is 54.6 cm³/mol. The van der Waals surface area contributed by atoms with Gasteiger partial charge in [-0.15, -0.1) is 0 Å². The van der Waals surface area contributed by atoms with E-state index in [9.17, 15) is 13.2 Å². The second-order valence-corrected chi connectivity index (χ2v) is 5.93. The molecule has 15 heavy (non-hydrogen) atoms. The molecule has 1 saturated heterocycles. The highest BCUT2D eigenvalue weighted by molar-refractivity contribution is 7.91. The van der Waals surface area contributed by atoms with Crippen molar-refractivity contribution in [3.05, 3.63) is 0 Å². The van der Waals surface area contributed by atoms with Gasteiger partial charge in [-0.3, -0.25) is 4.79 Å². The van der Waals surface area contributed by atoms with E-state index in [1.807, 2.05) is 6.07 Å². The van der Waals surface area contributed by atoms with Gasteiger partial charge in [0.2, 0.25) is 5.91 Å². The van der Waals surface area contributed by atoms with Crippen molar-refractivity contribution in [1.29, 1.82) is 5.26 Å². The van der Waals surface area contributed by atoms with Crippen LogP contribution >= 0.6 is 0 Å². The molecule has 2 unspecified atom stereocenters. The molecule has 2 atom stereocenters. The van der Waals surface area contributed by atoms with E-state index in [4.69, 9.17) is 5.26 Å². The van der Waals surface area contributed by atoms with E-state index in [-0.39, 0.29) is 17.4 Å². The van der Waals surface area contributed by atoms with E-state index in [1.165, 1.54) is 0 Å². The van der Waals surface area contributed by atoms with Gasteiger partial charge < -0.3 is 5.32 Å². The van der Waals surface area contributed by atoms with Crippen LogP contribution in [0.4, 0.5) is 0 Å². The molecule has 1 heterocycles. The Morgan fingerprint density at radius 2 is 2.33 bits per heavy atom. The highest BCUT2D eigenvalue weighted by Crippen LogP contribution is 2.18. The van der Waals surface area contributed by atoms with Gasteiger partial charge in [0, 0.05) is 0 Å². The molecule has 0 aliphatic carbocycles. The molecule has 1 aliphatic heterocycles. The largest absolute Gasteiger partial charge is 0.340 e. The van der Waals surface area contributed by atoms with E-state index < -0.39 is 21.8 Å². The molecular formula is C9H14N2O3S. The van der Waals surface area contributed by atoms with Crippen molar-refractivity contribution in [2.75, 3.05) is 11.5 Å². The Hall–Kier alpha value is -1.09. The minimum absolute atomic E-state index is 0.0778. The van der Waals surface area contributed by atoms with Gasteiger partial charge in [0.05, 0.1) is 23.5 Å². The highest BCUT2D eigenvalue weighted by Gasteiger charge is 2.33. The van der Waals surface area contributed by atoms with Crippen LogP contribution in [0.2, 0.25) is 0 Å². The number of sulfone groups is 1. The van der Waals surface area contributed by atoms with Crippen molar-refractivity contribution in [3.63, 3.8) is 0 Å². The minimum atomic E-state index is -3.03. The summed E-state index contributed by atoms with van der Waals surface area (Å²) in [5, 5.41) is 11.2. The molecule has 84 valence electrons. The quantitative estimate of drug-likeness (QED) is 0.729. The Labute approximate surface area is 89.4 Å². The molecule has 1 aliphatic rings. The zero-order chi connectivity index (χ0) is 11.5. The Morgan fingerprint density at radius 1 is 1.67 bits per heavy atom. The molecule has 1 N–H and O–H groups in total. The van der Waals surface area contributed by atoms with Crippen molar-refractivity contribution in [2.45, 2.75) is 25.8 Å². The average molecular weight is 230 g/mol. The van der Waals surface area contributed by atoms with Gasteiger partial charge in [-0.05, 0) is 12.8 Å². The Morgan fingerprint density at radius 3 is 2.73 bits per heavy atom. The standard InChI is InChI=1S/C9H14N2O3S/c1-2-8(5-10)11-9(12)7-3-4-15(13,14)6-7/h7-8H,2-4,6H2,1H3,(H,11,12). The maximum absolute atomic E-state index is 11.5. The molecule has 0 aromatic heterocycles. The fraction of sp³-hybridized carbons (Fsp3) is 0.778. The SMILES string of the molecule is CCC(C#N)NC(=O)C1CCS(=O)(=O)C1. The van der Waals surface area contributed by atoms with Gasteiger partial charge in [0.1, 0.15) is 6.04 Å². The van der Waals surface area contributed by atoms with Gasteiger partial charge in [-0.1, -0.05) is 6.92 Å². The van der Waals surface area contributed by atoms with Crippen LogP contribution in [0.15, 0.2) is 0 Å². The molecule has 1 amide bonds. The van der Waals surface area contributed by atoms with Crippen LogP contribution < -0.4 is 5.32 Å². The molecule has 0 spiro atoms. The summed E-state index contributed by atoms with van der Waals surface area (Å²) >= 11 is 0. The van der Waals surface area contributed by atoms with Gasteiger partial charge in [0.25, 0.3) is 0 Å². The van der Waals surface area contributed by atoms with Crippen molar-refractivity contribution < 1.29 is 13.2 Å². The van der Waals surface area contributed by atoms with Crippen molar-refractivity contribution >= 4 is 15.7 Å². The third-order valence-electron chi connectivity index (χ3n) is 2.48. The Bertz CT molecular complexity index is 383. The lowest BCUT2D eigenvalue weighted by Gasteiger charge is -2.12. The first-order valence-electron chi connectivity index (χ1n) is 4.89. The number of hydrogen-bond acceptors (Lipinski definition) is 4. The summed E-state index contributed by atoms with van der Waals surface area (Å²) in [6.45, 7) is 1.79. The second-order valence-electron chi connectivity index (χ2n) is 3.70. The van der Waals surface area contributed by atoms with Crippen LogP contribution in [0.1, 0.15) is 19.8 Å². The van der Waals surface area contributed by atoms with Crippen LogP contribution in [0.25, 0.3) is 0 Å². The fourth-order valence-electron chi connectivity index (χ4n) is 1.52. The van der Waals surface area contributed by atoms with Crippen molar-refractivity contribution in [3.8, 4) is 6.07 Å². The monoisotopic (exact) mass is 230 g/mol. The molecule has 0 radical (unpaired) electrons. The molecule has 0 aromatic carbocycles. The Kier molecular flexibility index (Phi) is 3.69. The molecule has 1 rings (SSSR count). The number of hydrogen-bond donors (Lipinski definition) is 1. The first-order valence-corrected chi connectivity index (χ1v) is 6.71. The summed E-state index contributed by atoms with van der Waals surface area (Å²) in [5.41, 5.74) is 0. The van der Waals surface area contributed by atoms with Gasteiger partial charge in [-0.2, -0.15) is 5.26 Å². The Balaban J connectivity index is 2.53. The van der Waals surface area contributed by atoms with Crippen LogP contribution in [0, 0.1) is 17.2 Å². The zero-order valence-corrected chi connectivity index (χ0v) is 9.38. The van der Waals surface area contributed by atoms with E-state index in [2.05, 4.69) is 5.32 Å². The molecule has 6 heteroatoms. The van der Waals surface area contributed by atoms with E-state index >= 15 is 0 Å². The fourth-order valence-corrected chi connectivity index (χ4v) is 3.26. The molecular weight excluding hydrogens is 216 g/mol. The summed E-state index contributed by atoms with van der Waals surface area (Å²) in [6.07, 6.45) is 0.901. The predicted octanol–water partition coefficient (Wildman–Crippen LogP) is -0.161. The van der Waals surface area contributed by atoms with Gasteiger partial charge >= 0.3 is 0 Å². The van der Waals surface area contributed by atoms with E-state index in [0.717, 1.165) is 0 Å². The number of nitrogens with one attached hydrogen (secondary N) is 1. The molecule has 5 nitrogen and oxygen atoms in total. The third kappa shape index (κ3) is 3.20. The maximum Gasteiger partial charge on any atom is 0.225 e. The number of carbonyl (C=O) groups excluding carboxylic acids is 1. The molecule has 0 saturated carbocycles. The smallest absolute Gasteiger partial charge is 0.225 e. The molecule has 1 fully saturated rings. The topological polar surface area (TPSA) is 87.0 Å². The van der Waals surface area contributed by atoms with Crippen LogP contribution in [0.5, 0.6) is 0 Å². The summed E-state index contributed by atoms with van der Waals surface area (Å²) < 4.78 is 22.3. The van der Waals surface area contributed by atoms with Crippen LogP contribution in [-0.2, 0) is 14.6 Å². The number of nitrogens with zero attached hydrogens (tertiary/aromatic N) is 1. The number of nitriles is 1. The molecule has 0 aromatic rings. The lowest BCUT2D eigenvalue weighted by atomic mass is 10.1. The van der Waals surface area contributed by atoms with E-state index in [0.29, 0.717) is 12.8 Å². The average Bonchev–Trinajstić information content (AvgIpc) is 2.55. The van der Waals surface area contributed by atoms with Crippen molar-refractivity contribution in [2.24, 2.45) is 5.92 Å². The maximum atomic E-state index is 11.5. The third-order valence-corrected chi connectivity index (χ3v) is 4.25. The first kappa shape index (κ1) is 12.0. The van der Waals surface area contributed by atoms with Gasteiger partial charge in [-0.25, -0.2) is 8.42 Å². The number of amides is 1. The van der Waals surface area contributed by atoms with Crippen molar-refractivity contribution in [1.82, 2.24) is 5.32 Å². The normalized spacial score (nSPS) is 25.5. The summed E-state index contributed by atoms with van der Waals surface area (Å²) in [7, 11) is -3.03. The summed E-state index contributed by atoms with van der Waals surface area (Å²) in [6, 6.07) is 1.43. The minimum Gasteiger partial charge on any atom is -0.340 e. The lowest BCUT2D eigenvalue weighted by Crippen LogP contribution is -2.38. The summed E-state index contributed by atoms with van der Waals surface area (Å²) in [5.74, 6) is -0.795. The summed E-state index contributed by atoms with van der Waals surface area (Å²) in [4.78, 5) is 11.5. The second kappa shape index (κ2) is 4.62. The molecule has 0 bridgehead atoms. The lowest BCUT2D eigenvalue weighted by molar-refractivity contribution is -0.124. The first-order chi connectivity index (χ1) is 6.98. The zero-order valence-electron chi connectivity index (χ0n) is 8.56. The highest BCUT2D eigenvalue weighted by atomic mass is 32.2. The number of carbonyl (C=O) groups is 1.